The van der Waals surface area contributed by atoms with Crippen LogP contribution in [-0.4, -0.2) is 53.9 Å². The normalized spacial score (nSPS) is 14.4. The van der Waals surface area contributed by atoms with Gasteiger partial charge in [-0.3, -0.25) is 0 Å². The molecule has 0 radical (unpaired) electrons. The van der Waals surface area contributed by atoms with Crippen LogP contribution in [0.25, 0.3) is 11.3 Å². The molecular formula is C23H26FN5O4. The third-order valence-corrected chi connectivity index (χ3v) is 4.99. The largest absolute Gasteiger partial charge is 0.464 e. The summed E-state index contributed by atoms with van der Waals surface area (Å²) in [6.07, 6.45) is 0.799. The summed E-state index contributed by atoms with van der Waals surface area (Å²) in [5.41, 5.74) is 0.116. The molecule has 1 N–H and O–H groups in total. The number of rotatable bonds is 4. The van der Waals surface area contributed by atoms with Gasteiger partial charge in [0, 0.05) is 24.7 Å². The molecule has 1 aromatic heterocycles. The quantitative estimate of drug-likeness (QED) is 0.697. The lowest BCUT2D eigenvalue weighted by Crippen LogP contribution is -2.46. The number of carbonyl (C=O) groups is 2. The number of hydrogen-bond donors (Lipinski definition) is 1. The van der Waals surface area contributed by atoms with E-state index in [0.717, 1.165) is 0 Å². The molecule has 9 nitrogen and oxygen atoms in total. The van der Waals surface area contributed by atoms with E-state index in [0.29, 0.717) is 43.1 Å². The number of nitrogens with zero attached hydrogens (tertiary/aromatic N) is 4. The highest BCUT2D eigenvalue weighted by Gasteiger charge is 2.26. The van der Waals surface area contributed by atoms with Crippen molar-refractivity contribution in [1.29, 1.82) is 5.26 Å². The number of amides is 1. The van der Waals surface area contributed by atoms with Crippen molar-refractivity contribution in [3.8, 4) is 17.3 Å². The number of benzene rings is 1. The van der Waals surface area contributed by atoms with E-state index in [1.165, 1.54) is 25.3 Å². The number of esters is 1. The highest BCUT2D eigenvalue weighted by Crippen LogP contribution is 2.25. The van der Waals surface area contributed by atoms with E-state index >= 15 is 0 Å². The van der Waals surface area contributed by atoms with Crippen molar-refractivity contribution in [2.45, 2.75) is 45.3 Å². The molecule has 2 aromatic rings. The molecule has 0 spiro atoms. The third kappa shape index (κ3) is 6.16. The predicted octanol–water partition coefficient (Wildman–Crippen LogP) is 3.43. The first kappa shape index (κ1) is 23.9. The van der Waals surface area contributed by atoms with E-state index in [9.17, 15) is 14.0 Å². The van der Waals surface area contributed by atoms with Crippen molar-refractivity contribution in [3.05, 3.63) is 41.3 Å². The van der Waals surface area contributed by atoms with Crippen LogP contribution in [0.15, 0.2) is 24.3 Å². The Balaban J connectivity index is 1.80. The second-order valence-corrected chi connectivity index (χ2v) is 8.64. The molecule has 1 aromatic carbocycles. The van der Waals surface area contributed by atoms with E-state index < -0.39 is 23.5 Å². The first-order chi connectivity index (χ1) is 15.6. The molecule has 0 saturated carbocycles. The monoisotopic (exact) mass is 455 g/mol. The number of aromatic nitrogens is 2. The molecule has 2 heterocycles. The van der Waals surface area contributed by atoms with Crippen LogP contribution in [0.3, 0.4) is 0 Å². The molecule has 0 unspecified atom stereocenters. The Morgan fingerprint density at radius 2 is 1.91 bits per heavy atom. The number of anilines is 1. The first-order valence-corrected chi connectivity index (χ1v) is 10.5. The number of ether oxygens (including phenoxy) is 2. The van der Waals surface area contributed by atoms with Gasteiger partial charge in [0.2, 0.25) is 5.95 Å². The van der Waals surface area contributed by atoms with Crippen molar-refractivity contribution in [3.63, 3.8) is 0 Å². The van der Waals surface area contributed by atoms with Gasteiger partial charge < -0.3 is 19.7 Å². The third-order valence-electron chi connectivity index (χ3n) is 4.99. The average Bonchev–Trinajstić information content (AvgIpc) is 2.77. The minimum Gasteiger partial charge on any atom is -0.464 e. The molecule has 1 saturated heterocycles. The fraction of sp³-hybridized carbons (Fsp3) is 0.435. The molecule has 1 fully saturated rings. The van der Waals surface area contributed by atoms with Gasteiger partial charge in [-0.2, -0.15) is 5.26 Å². The number of carbonyl (C=O) groups excluding carboxylic acids is 2. The number of nitriles is 1. The molecule has 0 aliphatic carbocycles. The maximum atomic E-state index is 14.2. The van der Waals surface area contributed by atoms with Crippen LogP contribution in [0.5, 0.6) is 0 Å². The predicted molar refractivity (Wildman–Crippen MR) is 118 cm³/mol. The van der Waals surface area contributed by atoms with Crippen LogP contribution < -0.4 is 10.2 Å². The minimum absolute atomic E-state index is 0.0382. The zero-order valence-corrected chi connectivity index (χ0v) is 19.0. The fourth-order valence-electron chi connectivity index (χ4n) is 3.40. The van der Waals surface area contributed by atoms with Gasteiger partial charge in [-0.25, -0.2) is 23.9 Å². The van der Waals surface area contributed by atoms with Gasteiger partial charge in [-0.1, -0.05) is 6.07 Å². The van der Waals surface area contributed by atoms with Gasteiger partial charge in [-0.05, 0) is 51.8 Å². The first-order valence-electron chi connectivity index (χ1n) is 10.5. The zero-order chi connectivity index (χ0) is 24.2. The number of alkyl carbamates (subject to hydrolysis) is 1. The molecule has 1 aliphatic heterocycles. The highest BCUT2D eigenvalue weighted by atomic mass is 19.1. The molecule has 174 valence electrons. The summed E-state index contributed by atoms with van der Waals surface area (Å²) < 4.78 is 24.3. The SMILES string of the molecule is COC(=O)c1cc(-c2ccc(C#N)c(F)c2)nc(N2CCC(NC(=O)OC(C)(C)C)CC2)n1. The number of hydrogen-bond acceptors (Lipinski definition) is 8. The van der Waals surface area contributed by atoms with E-state index in [-0.39, 0.29) is 17.3 Å². The molecule has 10 heteroatoms. The maximum Gasteiger partial charge on any atom is 0.407 e. The van der Waals surface area contributed by atoms with Gasteiger partial charge >= 0.3 is 12.1 Å². The lowest BCUT2D eigenvalue weighted by atomic mass is 10.1. The lowest BCUT2D eigenvalue weighted by Gasteiger charge is -2.33. The Kier molecular flexibility index (Phi) is 7.11. The Labute approximate surface area is 191 Å². The second kappa shape index (κ2) is 9.81. The Morgan fingerprint density at radius 3 is 2.48 bits per heavy atom. The van der Waals surface area contributed by atoms with Gasteiger partial charge in [0.1, 0.15) is 17.5 Å². The number of halogens is 1. The standard InChI is InChI=1S/C23H26FN5O4/c1-23(2,3)33-22(31)26-16-7-9-29(10-8-16)21-27-18(12-19(28-21)20(30)32-4)14-5-6-15(13-25)17(24)11-14/h5-6,11-12,16H,7-10H2,1-4H3,(H,26,31). The maximum absolute atomic E-state index is 14.2. The van der Waals surface area contributed by atoms with Crippen LogP contribution in [-0.2, 0) is 9.47 Å². The number of methoxy groups -OCH3 is 1. The molecular weight excluding hydrogens is 429 g/mol. The van der Waals surface area contributed by atoms with Crippen molar-refractivity contribution >= 4 is 18.0 Å². The highest BCUT2D eigenvalue weighted by molar-refractivity contribution is 5.89. The average molecular weight is 455 g/mol. The summed E-state index contributed by atoms with van der Waals surface area (Å²) in [7, 11) is 1.25. The Hall–Kier alpha value is -3.74. The van der Waals surface area contributed by atoms with Crippen molar-refractivity contribution in [1.82, 2.24) is 15.3 Å². The fourth-order valence-corrected chi connectivity index (χ4v) is 3.40. The summed E-state index contributed by atoms with van der Waals surface area (Å²) in [5.74, 6) is -1.02. The van der Waals surface area contributed by atoms with E-state index in [2.05, 4.69) is 15.3 Å². The second-order valence-electron chi connectivity index (χ2n) is 8.64. The van der Waals surface area contributed by atoms with Crippen LogP contribution in [0.1, 0.15) is 49.7 Å². The van der Waals surface area contributed by atoms with Crippen LogP contribution in [0.2, 0.25) is 0 Å². The Morgan fingerprint density at radius 1 is 1.21 bits per heavy atom. The molecule has 33 heavy (non-hydrogen) atoms. The summed E-state index contributed by atoms with van der Waals surface area (Å²) in [6.45, 7) is 6.48. The minimum atomic E-state index is -0.677. The van der Waals surface area contributed by atoms with E-state index in [1.54, 1.807) is 32.9 Å². The molecule has 1 amide bonds. The van der Waals surface area contributed by atoms with Gasteiger partial charge in [0.05, 0.1) is 18.4 Å². The molecule has 0 bridgehead atoms. The lowest BCUT2D eigenvalue weighted by molar-refractivity contribution is 0.0496. The molecule has 3 rings (SSSR count). The Bertz CT molecular complexity index is 1090. The summed E-state index contributed by atoms with van der Waals surface area (Å²) in [6, 6.07) is 7.25. The van der Waals surface area contributed by atoms with Crippen LogP contribution in [0, 0.1) is 17.1 Å². The zero-order valence-electron chi connectivity index (χ0n) is 19.0. The van der Waals surface area contributed by atoms with Crippen LogP contribution >= 0.6 is 0 Å². The van der Waals surface area contributed by atoms with E-state index in [1.807, 2.05) is 4.90 Å². The van der Waals surface area contributed by atoms with Crippen molar-refractivity contribution in [2.75, 3.05) is 25.1 Å². The summed E-state index contributed by atoms with van der Waals surface area (Å²) in [5, 5.41) is 11.8. The molecule has 1 aliphatic rings. The number of nitrogens with one attached hydrogen (secondary N) is 1. The topological polar surface area (TPSA) is 117 Å². The van der Waals surface area contributed by atoms with Gasteiger partial charge in [0.15, 0.2) is 5.69 Å². The van der Waals surface area contributed by atoms with Crippen LogP contribution in [0.4, 0.5) is 15.1 Å². The smallest absolute Gasteiger partial charge is 0.407 e. The van der Waals surface area contributed by atoms with E-state index in [4.69, 9.17) is 14.7 Å². The van der Waals surface area contributed by atoms with Gasteiger partial charge in [-0.15, -0.1) is 0 Å². The molecule has 0 atom stereocenters. The van der Waals surface area contributed by atoms with Crippen molar-refractivity contribution < 1.29 is 23.5 Å². The number of piperidine rings is 1. The van der Waals surface area contributed by atoms with Gasteiger partial charge in [0.25, 0.3) is 0 Å². The summed E-state index contributed by atoms with van der Waals surface area (Å²) >= 11 is 0. The summed E-state index contributed by atoms with van der Waals surface area (Å²) in [4.78, 5) is 34.9. The van der Waals surface area contributed by atoms with Crippen molar-refractivity contribution in [2.24, 2.45) is 0 Å².